The van der Waals surface area contributed by atoms with Gasteiger partial charge in [0.1, 0.15) is 10.7 Å². The number of aryl methyl sites for hydroxylation is 1. The Morgan fingerprint density at radius 1 is 1.07 bits per heavy atom. The summed E-state index contributed by atoms with van der Waals surface area (Å²) in [5, 5.41) is 6.46. The lowest BCUT2D eigenvalue weighted by atomic mass is 10.1. The van der Waals surface area contributed by atoms with Crippen molar-refractivity contribution in [3.05, 3.63) is 65.7 Å². The van der Waals surface area contributed by atoms with Gasteiger partial charge in [0.15, 0.2) is 4.34 Å². The van der Waals surface area contributed by atoms with Gasteiger partial charge >= 0.3 is 0 Å². The van der Waals surface area contributed by atoms with E-state index in [0.29, 0.717) is 28.6 Å². The molecule has 2 amide bonds. The van der Waals surface area contributed by atoms with Gasteiger partial charge in [-0.05, 0) is 25.5 Å². The van der Waals surface area contributed by atoms with Crippen molar-refractivity contribution in [1.29, 1.82) is 0 Å². The Bertz CT molecular complexity index is 971. The number of amides is 2. The Balaban J connectivity index is 1.86. The number of benzene rings is 2. The number of rotatable bonds is 7. The van der Waals surface area contributed by atoms with Crippen molar-refractivity contribution >= 4 is 39.9 Å². The summed E-state index contributed by atoms with van der Waals surface area (Å²) in [7, 11) is 0. The lowest BCUT2D eigenvalue weighted by Gasteiger charge is -2.07. The molecular formula is C21H21N3O2S2. The highest BCUT2D eigenvalue weighted by Crippen LogP contribution is 2.37. The van der Waals surface area contributed by atoms with Crippen LogP contribution in [0.1, 0.15) is 22.8 Å². The minimum absolute atomic E-state index is 0.0329. The highest BCUT2D eigenvalue weighted by molar-refractivity contribution is 8.01. The average molecular weight is 412 g/mol. The number of carbonyl (C=O) groups is 2. The SMILES string of the molecule is CCNC(=O)CSc1nc(-c2ccccc2)c(NC(=O)c2ccccc2C)s1. The van der Waals surface area contributed by atoms with Gasteiger partial charge in [0.2, 0.25) is 5.91 Å². The van der Waals surface area contributed by atoms with Crippen LogP contribution in [0.3, 0.4) is 0 Å². The summed E-state index contributed by atoms with van der Waals surface area (Å²) < 4.78 is 0.741. The van der Waals surface area contributed by atoms with Gasteiger partial charge in [-0.2, -0.15) is 0 Å². The number of nitrogens with zero attached hydrogens (tertiary/aromatic N) is 1. The van der Waals surface area contributed by atoms with Crippen LogP contribution in [0.2, 0.25) is 0 Å². The molecule has 0 aliphatic carbocycles. The van der Waals surface area contributed by atoms with Crippen molar-refractivity contribution in [3.8, 4) is 11.3 Å². The van der Waals surface area contributed by atoms with Crippen LogP contribution in [0.5, 0.6) is 0 Å². The molecule has 2 aromatic carbocycles. The first kappa shape index (κ1) is 20.1. The zero-order valence-corrected chi connectivity index (χ0v) is 17.3. The Morgan fingerprint density at radius 3 is 2.50 bits per heavy atom. The Morgan fingerprint density at radius 2 is 1.79 bits per heavy atom. The molecule has 2 N–H and O–H groups in total. The minimum atomic E-state index is -0.167. The van der Waals surface area contributed by atoms with Crippen LogP contribution in [0.15, 0.2) is 58.9 Å². The summed E-state index contributed by atoms with van der Waals surface area (Å²) in [5.74, 6) is 0.0921. The predicted octanol–water partition coefficient (Wildman–Crippen LogP) is 4.60. The van der Waals surface area contributed by atoms with Crippen LogP contribution in [0, 0.1) is 6.92 Å². The average Bonchev–Trinajstić information content (AvgIpc) is 3.10. The maximum atomic E-state index is 12.8. The molecule has 0 saturated carbocycles. The van der Waals surface area contributed by atoms with Crippen molar-refractivity contribution in [2.45, 2.75) is 18.2 Å². The van der Waals surface area contributed by atoms with Crippen LogP contribution in [-0.4, -0.2) is 29.1 Å². The second-order valence-electron chi connectivity index (χ2n) is 6.03. The summed E-state index contributed by atoms with van der Waals surface area (Å²) >= 11 is 2.75. The number of hydrogen-bond acceptors (Lipinski definition) is 5. The van der Waals surface area contributed by atoms with Crippen molar-refractivity contribution in [2.24, 2.45) is 0 Å². The molecule has 0 radical (unpaired) electrons. The molecule has 144 valence electrons. The second-order valence-corrected chi connectivity index (χ2v) is 8.26. The standard InChI is InChI=1S/C21H21N3O2S2/c1-3-22-17(25)13-27-21-23-18(15-10-5-4-6-11-15)20(28-21)24-19(26)16-12-8-7-9-14(16)2/h4-12H,3,13H2,1-2H3,(H,22,25)(H,24,26). The smallest absolute Gasteiger partial charge is 0.256 e. The maximum Gasteiger partial charge on any atom is 0.256 e. The first-order valence-electron chi connectivity index (χ1n) is 8.91. The van der Waals surface area contributed by atoms with Crippen LogP contribution < -0.4 is 10.6 Å². The molecule has 3 aromatic rings. The Kier molecular flexibility index (Phi) is 6.84. The second kappa shape index (κ2) is 9.52. The van der Waals surface area contributed by atoms with E-state index in [2.05, 4.69) is 15.6 Å². The third-order valence-corrected chi connectivity index (χ3v) is 6.09. The number of anilines is 1. The summed E-state index contributed by atoms with van der Waals surface area (Å²) in [5.41, 5.74) is 3.18. The molecule has 7 heteroatoms. The molecule has 0 aliphatic heterocycles. The predicted molar refractivity (Wildman–Crippen MR) is 116 cm³/mol. The maximum absolute atomic E-state index is 12.8. The van der Waals surface area contributed by atoms with Gasteiger partial charge in [-0.25, -0.2) is 4.98 Å². The summed E-state index contributed by atoms with van der Waals surface area (Å²) in [4.78, 5) is 29.2. The van der Waals surface area contributed by atoms with E-state index in [0.717, 1.165) is 15.5 Å². The zero-order chi connectivity index (χ0) is 19.9. The van der Waals surface area contributed by atoms with E-state index >= 15 is 0 Å². The van der Waals surface area contributed by atoms with Gasteiger partial charge in [-0.15, -0.1) is 0 Å². The van der Waals surface area contributed by atoms with Gasteiger partial charge in [0.25, 0.3) is 5.91 Å². The van der Waals surface area contributed by atoms with E-state index in [-0.39, 0.29) is 11.8 Å². The first-order valence-corrected chi connectivity index (χ1v) is 10.7. The largest absolute Gasteiger partial charge is 0.356 e. The fourth-order valence-corrected chi connectivity index (χ4v) is 4.50. The number of nitrogens with one attached hydrogen (secondary N) is 2. The lowest BCUT2D eigenvalue weighted by Crippen LogP contribution is -2.24. The number of aromatic nitrogens is 1. The first-order chi connectivity index (χ1) is 13.6. The van der Waals surface area contributed by atoms with Crippen LogP contribution in [0.4, 0.5) is 5.00 Å². The van der Waals surface area contributed by atoms with Crippen LogP contribution in [0.25, 0.3) is 11.3 Å². The van der Waals surface area contributed by atoms with E-state index in [1.807, 2.05) is 62.4 Å². The number of carbonyl (C=O) groups excluding carboxylic acids is 2. The van der Waals surface area contributed by atoms with E-state index in [4.69, 9.17) is 0 Å². The number of hydrogen-bond donors (Lipinski definition) is 2. The van der Waals surface area contributed by atoms with Gasteiger partial charge in [-0.1, -0.05) is 71.6 Å². The molecule has 0 bridgehead atoms. The third kappa shape index (κ3) is 4.99. The molecule has 28 heavy (non-hydrogen) atoms. The van der Waals surface area contributed by atoms with E-state index in [9.17, 15) is 9.59 Å². The molecule has 3 rings (SSSR count). The highest BCUT2D eigenvalue weighted by atomic mass is 32.2. The summed E-state index contributed by atoms with van der Waals surface area (Å²) in [6.45, 7) is 4.40. The minimum Gasteiger partial charge on any atom is -0.356 e. The van der Waals surface area contributed by atoms with E-state index in [1.165, 1.54) is 23.1 Å². The Hall–Kier alpha value is -2.64. The fraction of sp³-hybridized carbons (Fsp3) is 0.190. The Labute approximate surface area is 172 Å². The topological polar surface area (TPSA) is 71.1 Å². The highest BCUT2D eigenvalue weighted by Gasteiger charge is 2.18. The van der Waals surface area contributed by atoms with Crippen LogP contribution in [-0.2, 0) is 4.79 Å². The fourth-order valence-electron chi connectivity index (χ4n) is 2.61. The molecule has 5 nitrogen and oxygen atoms in total. The quantitative estimate of drug-likeness (QED) is 0.558. The molecular weight excluding hydrogens is 390 g/mol. The molecule has 0 atom stereocenters. The van der Waals surface area contributed by atoms with Gasteiger partial charge in [-0.3, -0.25) is 9.59 Å². The van der Waals surface area contributed by atoms with Crippen molar-refractivity contribution < 1.29 is 9.59 Å². The molecule has 0 aliphatic rings. The molecule has 0 fully saturated rings. The third-order valence-electron chi connectivity index (χ3n) is 3.97. The van der Waals surface area contributed by atoms with Crippen molar-refractivity contribution in [1.82, 2.24) is 10.3 Å². The lowest BCUT2D eigenvalue weighted by molar-refractivity contribution is -0.118. The van der Waals surface area contributed by atoms with Crippen molar-refractivity contribution in [3.63, 3.8) is 0 Å². The molecule has 1 aromatic heterocycles. The van der Waals surface area contributed by atoms with Gasteiger partial charge < -0.3 is 10.6 Å². The zero-order valence-electron chi connectivity index (χ0n) is 15.7. The summed E-state index contributed by atoms with van der Waals surface area (Å²) in [6.07, 6.45) is 0. The number of thiazole rings is 1. The number of thioether (sulfide) groups is 1. The molecule has 0 saturated heterocycles. The van der Waals surface area contributed by atoms with E-state index < -0.39 is 0 Å². The molecule has 0 spiro atoms. The van der Waals surface area contributed by atoms with E-state index in [1.54, 1.807) is 6.07 Å². The molecule has 1 heterocycles. The van der Waals surface area contributed by atoms with Crippen LogP contribution >= 0.6 is 23.1 Å². The van der Waals surface area contributed by atoms with Gasteiger partial charge in [0, 0.05) is 17.7 Å². The van der Waals surface area contributed by atoms with Crippen molar-refractivity contribution in [2.75, 3.05) is 17.6 Å². The summed E-state index contributed by atoms with van der Waals surface area (Å²) in [6, 6.07) is 17.2. The molecule has 0 unspecified atom stereocenters. The normalized spacial score (nSPS) is 10.5. The van der Waals surface area contributed by atoms with Gasteiger partial charge in [0.05, 0.1) is 5.75 Å². The monoisotopic (exact) mass is 411 g/mol.